The summed E-state index contributed by atoms with van der Waals surface area (Å²) in [5, 5.41) is 0. The highest BCUT2D eigenvalue weighted by molar-refractivity contribution is 7.89. The van der Waals surface area contributed by atoms with Crippen LogP contribution in [-0.2, 0) is 21.3 Å². The zero-order valence-electron chi connectivity index (χ0n) is 11.4. The standard InChI is InChI=1S/C13H19FN2O3S/c1-2-12-9-19-6-5-16(12)20(17,18)13-7-11(14)4-3-10(13)8-15/h3-4,7,12H,2,5-6,8-9,15H2,1H3. The Bertz CT molecular complexity index is 577. The number of sulfonamides is 1. The Morgan fingerprint density at radius 2 is 2.25 bits per heavy atom. The van der Waals surface area contributed by atoms with E-state index in [0.717, 1.165) is 6.07 Å². The van der Waals surface area contributed by atoms with Gasteiger partial charge in [0, 0.05) is 19.1 Å². The van der Waals surface area contributed by atoms with Crippen molar-refractivity contribution in [2.24, 2.45) is 5.73 Å². The number of ether oxygens (including phenoxy) is 1. The first kappa shape index (κ1) is 15.4. The lowest BCUT2D eigenvalue weighted by Gasteiger charge is -2.34. The lowest BCUT2D eigenvalue weighted by atomic mass is 10.2. The average Bonchev–Trinajstić information content (AvgIpc) is 2.47. The Morgan fingerprint density at radius 3 is 2.90 bits per heavy atom. The second-order valence-electron chi connectivity index (χ2n) is 4.71. The molecule has 20 heavy (non-hydrogen) atoms. The monoisotopic (exact) mass is 302 g/mol. The van der Waals surface area contributed by atoms with Crippen molar-refractivity contribution in [2.45, 2.75) is 30.8 Å². The molecule has 0 aromatic heterocycles. The van der Waals surface area contributed by atoms with E-state index in [1.54, 1.807) is 0 Å². The molecule has 1 heterocycles. The third-order valence-electron chi connectivity index (χ3n) is 3.48. The molecule has 2 rings (SSSR count). The van der Waals surface area contributed by atoms with E-state index in [9.17, 15) is 12.8 Å². The molecule has 7 heteroatoms. The third-order valence-corrected chi connectivity index (χ3v) is 5.51. The number of nitrogens with two attached hydrogens (primary N) is 1. The van der Waals surface area contributed by atoms with Crippen molar-refractivity contribution < 1.29 is 17.5 Å². The summed E-state index contributed by atoms with van der Waals surface area (Å²) in [4.78, 5) is -0.0413. The molecule has 5 nitrogen and oxygen atoms in total. The number of benzene rings is 1. The predicted molar refractivity (Wildman–Crippen MR) is 73.1 cm³/mol. The second-order valence-corrected chi connectivity index (χ2v) is 6.57. The Labute approximate surface area is 118 Å². The highest BCUT2D eigenvalue weighted by Gasteiger charge is 2.34. The molecule has 1 atom stereocenters. The van der Waals surface area contributed by atoms with E-state index in [0.29, 0.717) is 25.2 Å². The number of hydrogen-bond acceptors (Lipinski definition) is 4. The van der Waals surface area contributed by atoms with E-state index >= 15 is 0 Å². The Morgan fingerprint density at radius 1 is 1.50 bits per heavy atom. The van der Waals surface area contributed by atoms with E-state index in [4.69, 9.17) is 10.5 Å². The Hall–Kier alpha value is -1.02. The third kappa shape index (κ3) is 2.85. The smallest absolute Gasteiger partial charge is 0.243 e. The van der Waals surface area contributed by atoms with Gasteiger partial charge in [-0.05, 0) is 24.1 Å². The molecule has 1 saturated heterocycles. The van der Waals surface area contributed by atoms with E-state index in [1.165, 1.54) is 16.4 Å². The summed E-state index contributed by atoms with van der Waals surface area (Å²) < 4.78 is 45.6. The maximum Gasteiger partial charge on any atom is 0.243 e. The van der Waals surface area contributed by atoms with Crippen molar-refractivity contribution in [3.8, 4) is 0 Å². The molecule has 1 aliphatic heterocycles. The molecule has 1 unspecified atom stereocenters. The van der Waals surface area contributed by atoms with Crippen LogP contribution < -0.4 is 5.73 Å². The van der Waals surface area contributed by atoms with Gasteiger partial charge in [-0.1, -0.05) is 13.0 Å². The summed E-state index contributed by atoms with van der Waals surface area (Å²) >= 11 is 0. The molecule has 0 amide bonds. The van der Waals surface area contributed by atoms with Crippen molar-refractivity contribution >= 4 is 10.0 Å². The van der Waals surface area contributed by atoms with Crippen molar-refractivity contribution in [2.75, 3.05) is 19.8 Å². The van der Waals surface area contributed by atoms with Crippen LogP contribution in [0.2, 0.25) is 0 Å². The van der Waals surface area contributed by atoms with Gasteiger partial charge in [-0.15, -0.1) is 0 Å². The molecule has 0 aliphatic carbocycles. The van der Waals surface area contributed by atoms with Gasteiger partial charge in [0.2, 0.25) is 10.0 Å². The second kappa shape index (κ2) is 6.17. The topological polar surface area (TPSA) is 72.6 Å². The van der Waals surface area contributed by atoms with E-state index in [1.807, 2.05) is 6.92 Å². The summed E-state index contributed by atoms with van der Waals surface area (Å²) in [6.45, 7) is 2.95. The SMILES string of the molecule is CCC1COCCN1S(=O)(=O)c1cc(F)ccc1CN. The van der Waals surface area contributed by atoms with Gasteiger partial charge in [0.1, 0.15) is 5.82 Å². The fourth-order valence-electron chi connectivity index (χ4n) is 2.34. The Balaban J connectivity index is 2.46. The fourth-order valence-corrected chi connectivity index (χ4v) is 4.26. The van der Waals surface area contributed by atoms with Gasteiger partial charge in [0.25, 0.3) is 0 Å². The van der Waals surface area contributed by atoms with Crippen LogP contribution in [0.15, 0.2) is 23.1 Å². The predicted octanol–water partition coefficient (Wildman–Crippen LogP) is 1.08. The molecular weight excluding hydrogens is 283 g/mol. The highest BCUT2D eigenvalue weighted by Crippen LogP contribution is 2.25. The first-order valence-electron chi connectivity index (χ1n) is 6.58. The average molecular weight is 302 g/mol. The zero-order valence-corrected chi connectivity index (χ0v) is 12.2. The van der Waals surface area contributed by atoms with Crippen LogP contribution >= 0.6 is 0 Å². The minimum Gasteiger partial charge on any atom is -0.378 e. The number of morpholine rings is 1. The van der Waals surface area contributed by atoms with Gasteiger partial charge in [-0.3, -0.25) is 0 Å². The summed E-state index contributed by atoms with van der Waals surface area (Å²) in [5.74, 6) is -0.581. The zero-order chi connectivity index (χ0) is 14.8. The highest BCUT2D eigenvalue weighted by atomic mass is 32.2. The van der Waals surface area contributed by atoms with Crippen LogP contribution in [0.4, 0.5) is 4.39 Å². The molecule has 0 spiro atoms. The first-order valence-corrected chi connectivity index (χ1v) is 8.02. The molecule has 0 bridgehead atoms. The van der Waals surface area contributed by atoms with Gasteiger partial charge in [0.15, 0.2) is 0 Å². The van der Waals surface area contributed by atoms with Gasteiger partial charge in [0.05, 0.1) is 18.1 Å². The molecule has 1 aromatic rings. The number of hydrogen-bond donors (Lipinski definition) is 1. The molecular formula is C13H19FN2O3S. The maximum absolute atomic E-state index is 13.4. The van der Waals surface area contributed by atoms with E-state index in [-0.39, 0.29) is 24.0 Å². The summed E-state index contributed by atoms with van der Waals surface area (Å²) in [6.07, 6.45) is 0.645. The van der Waals surface area contributed by atoms with Crippen molar-refractivity contribution in [1.29, 1.82) is 0 Å². The van der Waals surface area contributed by atoms with E-state index in [2.05, 4.69) is 0 Å². The fraction of sp³-hybridized carbons (Fsp3) is 0.538. The van der Waals surface area contributed by atoms with Gasteiger partial charge >= 0.3 is 0 Å². The van der Waals surface area contributed by atoms with Gasteiger partial charge in [-0.25, -0.2) is 12.8 Å². The van der Waals surface area contributed by atoms with Gasteiger partial charge < -0.3 is 10.5 Å². The largest absolute Gasteiger partial charge is 0.378 e. The Kier molecular flexibility index (Phi) is 4.74. The van der Waals surface area contributed by atoms with Crippen molar-refractivity contribution in [1.82, 2.24) is 4.31 Å². The van der Waals surface area contributed by atoms with Crippen molar-refractivity contribution in [3.05, 3.63) is 29.6 Å². The lowest BCUT2D eigenvalue weighted by Crippen LogP contribution is -2.48. The van der Waals surface area contributed by atoms with Crippen LogP contribution in [0.25, 0.3) is 0 Å². The molecule has 112 valence electrons. The van der Waals surface area contributed by atoms with Crippen molar-refractivity contribution in [3.63, 3.8) is 0 Å². The first-order chi connectivity index (χ1) is 9.50. The molecule has 0 radical (unpaired) electrons. The molecule has 1 aliphatic rings. The lowest BCUT2D eigenvalue weighted by molar-refractivity contribution is 0.0314. The summed E-state index contributed by atoms with van der Waals surface area (Å²) in [6, 6.07) is 3.46. The van der Waals surface area contributed by atoms with Crippen LogP contribution in [0, 0.1) is 5.82 Å². The summed E-state index contributed by atoms with van der Waals surface area (Å²) in [7, 11) is -3.76. The molecule has 2 N–H and O–H groups in total. The normalized spacial score (nSPS) is 21.1. The number of halogens is 1. The van der Waals surface area contributed by atoms with Crippen LogP contribution in [0.1, 0.15) is 18.9 Å². The molecule has 0 saturated carbocycles. The maximum atomic E-state index is 13.4. The van der Waals surface area contributed by atoms with Crippen LogP contribution in [-0.4, -0.2) is 38.5 Å². The number of nitrogens with zero attached hydrogens (tertiary/aromatic N) is 1. The molecule has 1 fully saturated rings. The van der Waals surface area contributed by atoms with Crippen LogP contribution in [0.3, 0.4) is 0 Å². The molecule has 1 aromatic carbocycles. The van der Waals surface area contributed by atoms with Gasteiger partial charge in [-0.2, -0.15) is 4.31 Å². The minimum absolute atomic E-state index is 0.0413. The summed E-state index contributed by atoms with van der Waals surface area (Å²) in [5.41, 5.74) is 5.99. The van der Waals surface area contributed by atoms with Crippen LogP contribution in [0.5, 0.6) is 0 Å². The minimum atomic E-state index is -3.76. The quantitative estimate of drug-likeness (QED) is 0.903. The number of rotatable bonds is 4. The van der Waals surface area contributed by atoms with E-state index < -0.39 is 15.8 Å².